The van der Waals surface area contributed by atoms with Gasteiger partial charge in [0.15, 0.2) is 0 Å². The molecule has 1 aromatic carbocycles. The van der Waals surface area contributed by atoms with E-state index < -0.39 is 0 Å². The van der Waals surface area contributed by atoms with Crippen molar-refractivity contribution < 1.29 is 9.53 Å². The van der Waals surface area contributed by atoms with Gasteiger partial charge in [-0.3, -0.25) is 4.79 Å². The minimum atomic E-state index is 0.124. The lowest BCUT2D eigenvalue weighted by atomic mass is 10.1. The zero-order valence-corrected chi connectivity index (χ0v) is 16.8. The fourth-order valence-electron chi connectivity index (χ4n) is 2.18. The predicted octanol–water partition coefficient (Wildman–Crippen LogP) is 3.56. The molecule has 0 heterocycles. The fourth-order valence-corrected chi connectivity index (χ4v) is 3.53. The number of ether oxygens (including phenoxy) is 1. The number of rotatable bonds is 8. The van der Waals surface area contributed by atoms with E-state index in [1.54, 1.807) is 14.0 Å². The van der Waals surface area contributed by atoms with Gasteiger partial charge in [0.1, 0.15) is 5.75 Å². The summed E-state index contributed by atoms with van der Waals surface area (Å²) in [6.07, 6.45) is 1.78. The lowest BCUT2D eigenvalue weighted by molar-refractivity contribution is -0.128. The molecule has 0 aliphatic heterocycles. The van der Waals surface area contributed by atoms with Crippen LogP contribution in [0.1, 0.15) is 18.9 Å². The first-order valence-corrected chi connectivity index (χ1v) is 8.86. The van der Waals surface area contributed by atoms with Crippen molar-refractivity contribution in [3.05, 3.63) is 26.6 Å². The summed E-state index contributed by atoms with van der Waals surface area (Å²) in [5, 5.41) is 0. The van der Waals surface area contributed by atoms with Gasteiger partial charge in [0.05, 0.1) is 11.6 Å². The Kier molecular flexibility index (Phi) is 8.43. The zero-order chi connectivity index (χ0) is 16.7. The van der Waals surface area contributed by atoms with E-state index in [-0.39, 0.29) is 5.91 Å². The molecule has 1 rings (SSSR count). The average molecular weight is 436 g/mol. The smallest absolute Gasteiger partial charge is 0.219 e. The Hall–Kier alpha value is -0.590. The van der Waals surface area contributed by atoms with Crippen molar-refractivity contribution in [1.29, 1.82) is 0 Å². The average Bonchev–Trinajstić information content (AvgIpc) is 2.43. The third kappa shape index (κ3) is 6.26. The van der Waals surface area contributed by atoms with E-state index in [9.17, 15) is 4.79 Å². The van der Waals surface area contributed by atoms with Gasteiger partial charge in [0, 0.05) is 24.5 Å². The van der Waals surface area contributed by atoms with Gasteiger partial charge in [-0.15, -0.1) is 0 Å². The maximum Gasteiger partial charge on any atom is 0.219 e. The molecule has 1 amide bonds. The summed E-state index contributed by atoms with van der Waals surface area (Å²) in [7, 11) is 5.74. The molecule has 0 saturated carbocycles. The van der Waals surface area contributed by atoms with Crippen molar-refractivity contribution in [2.45, 2.75) is 19.8 Å². The Balaban J connectivity index is 2.66. The van der Waals surface area contributed by atoms with Crippen LogP contribution < -0.4 is 4.74 Å². The number of carbonyl (C=O) groups excluding carboxylic acids is 1. The van der Waals surface area contributed by atoms with E-state index in [4.69, 9.17) is 4.74 Å². The van der Waals surface area contributed by atoms with Crippen LogP contribution in [0.3, 0.4) is 0 Å². The van der Waals surface area contributed by atoms with Gasteiger partial charge in [0.25, 0.3) is 0 Å². The SMILES string of the molecule is COc1cc(CCN(CCCN(C)C)C(C)=O)c(Br)cc1Br. The summed E-state index contributed by atoms with van der Waals surface area (Å²) >= 11 is 7.04. The van der Waals surface area contributed by atoms with Crippen LogP contribution in [0.2, 0.25) is 0 Å². The van der Waals surface area contributed by atoms with E-state index in [0.29, 0.717) is 6.54 Å². The van der Waals surface area contributed by atoms with Crippen LogP contribution in [-0.4, -0.2) is 56.5 Å². The standard InChI is InChI=1S/C16H24Br2N2O2/c1-12(21)20(8-5-7-19(2)3)9-6-13-10-16(22-4)15(18)11-14(13)17/h10-11H,5-9H2,1-4H3. The Morgan fingerprint density at radius 2 is 1.82 bits per heavy atom. The highest BCUT2D eigenvalue weighted by Crippen LogP contribution is 2.31. The number of nitrogens with zero attached hydrogens (tertiary/aromatic N) is 2. The molecule has 0 bridgehead atoms. The number of methoxy groups -OCH3 is 1. The number of carbonyl (C=O) groups is 1. The van der Waals surface area contributed by atoms with Gasteiger partial charge in [-0.05, 0) is 67.1 Å². The van der Waals surface area contributed by atoms with Crippen LogP contribution in [-0.2, 0) is 11.2 Å². The lowest BCUT2D eigenvalue weighted by Gasteiger charge is -2.22. The van der Waals surface area contributed by atoms with E-state index >= 15 is 0 Å². The van der Waals surface area contributed by atoms with Crippen LogP contribution in [0, 0.1) is 0 Å². The molecule has 1 aromatic rings. The first-order chi connectivity index (χ1) is 10.3. The monoisotopic (exact) mass is 434 g/mol. The summed E-state index contributed by atoms with van der Waals surface area (Å²) in [5.74, 6) is 0.930. The normalized spacial score (nSPS) is 10.9. The molecule has 0 aromatic heterocycles. The lowest BCUT2D eigenvalue weighted by Crippen LogP contribution is -2.33. The predicted molar refractivity (Wildman–Crippen MR) is 97.5 cm³/mol. The van der Waals surface area contributed by atoms with Crippen molar-refractivity contribution in [3.8, 4) is 5.75 Å². The van der Waals surface area contributed by atoms with Crippen molar-refractivity contribution in [2.75, 3.05) is 40.8 Å². The zero-order valence-electron chi connectivity index (χ0n) is 13.7. The first kappa shape index (κ1) is 19.5. The van der Waals surface area contributed by atoms with E-state index in [1.807, 2.05) is 31.1 Å². The van der Waals surface area contributed by atoms with Gasteiger partial charge in [-0.2, -0.15) is 0 Å². The molecule has 0 saturated heterocycles. The maximum atomic E-state index is 11.8. The molecular formula is C16H24Br2N2O2. The number of hydrogen-bond donors (Lipinski definition) is 0. The highest BCUT2D eigenvalue weighted by molar-refractivity contribution is 9.11. The Morgan fingerprint density at radius 1 is 1.14 bits per heavy atom. The van der Waals surface area contributed by atoms with Gasteiger partial charge in [-0.25, -0.2) is 0 Å². The summed E-state index contributed by atoms with van der Waals surface area (Å²) in [5.41, 5.74) is 1.14. The summed E-state index contributed by atoms with van der Waals surface area (Å²) in [4.78, 5) is 15.8. The summed E-state index contributed by atoms with van der Waals surface area (Å²) in [6.45, 7) is 4.12. The molecule has 22 heavy (non-hydrogen) atoms. The van der Waals surface area contributed by atoms with Crippen LogP contribution in [0.4, 0.5) is 0 Å². The molecule has 6 heteroatoms. The van der Waals surface area contributed by atoms with Gasteiger partial charge in [0.2, 0.25) is 5.91 Å². The van der Waals surface area contributed by atoms with Crippen LogP contribution in [0.15, 0.2) is 21.1 Å². The molecule has 0 atom stereocenters. The van der Waals surface area contributed by atoms with E-state index in [1.165, 1.54) is 0 Å². The van der Waals surface area contributed by atoms with E-state index in [2.05, 4.69) is 36.8 Å². The number of amides is 1. The first-order valence-electron chi connectivity index (χ1n) is 7.27. The molecule has 124 valence electrons. The van der Waals surface area contributed by atoms with Crippen molar-refractivity contribution >= 4 is 37.8 Å². The molecular weight excluding hydrogens is 412 g/mol. The molecule has 0 aliphatic carbocycles. The number of halogens is 2. The van der Waals surface area contributed by atoms with E-state index in [0.717, 1.165) is 46.2 Å². The highest BCUT2D eigenvalue weighted by atomic mass is 79.9. The number of benzene rings is 1. The molecule has 0 spiro atoms. The second-order valence-corrected chi connectivity index (χ2v) is 7.20. The molecule has 0 fully saturated rings. The van der Waals surface area contributed by atoms with Crippen molar-refractivity contribution in [2.24, 2.45) is 0 Å². The second kappa shape index (κ2) is 9.53. The van der Waals surface area contributed by atoms with Gasteiger partial charge < -0.3 is 14.5 Å². The summed E-state index contributed by atoms with van der Waals surface area (Å²) in [6, 6.07) is 3.99. The quantitative estimate of drug-likeness (QED) is 0.625. The van der Waals surface area contributed by atoms with Crippen molar-refractivity contribution in [1.82, 2.24) is 9.80 Å². The fraction of sp³-hybridized carbons (Fsp3) is 0.562. The highest BCUT2D eigenvalue weighted by Gasteiger charge is 2.12. The largest absolute Gasteiger partial charge is 0.496 e. The molecule has 0 radical (unpaired) electrons. The minimum absolute atomic E-state index is 0.124. The summed E-state index contributed by atoms with van der Waals surface area (Å²) < 4.78 is 7.27. The minimum Gasteiger partial charge on any atom is -0.496 e. The molecule has 0 aliphatic rings. The third-order valence-electron chi connectivity index (χ3n) is 3.45. The topological polar surface area (TPSA) is 32.8 Å². The Bertz CT molecular complexity index is 507. The molecule has 0 N–H and O–H groups in total. The van der Waals surface area contributed by atoms with Crippen molar-refractivity contribution in [3.63, 3.8) is 0 Å². The van der Waals surface area contributed by atoms with Crippen LogP contribution in [0.5, 0.6) is 5.75 Å². The molecule has 0 unspecified atom stereocenters. The molecule has 4 nitrogen and oxygen atoms in total. The van der Waals surface area contributed by atoms with Crippen LogP contribution in [0.25, 0.3) is 0 Å². The second-order valence-electron chi connectivity index (χ2n) is 5.49. The Labute approximate surface area is 150 Å². The van der Waals surface area contributed by atoms with Gasteiger partial charge >= 0.3 is 0 Å². The van der Waals surface area contributed by atoms with Gasteiger partial charge in [-0.1, -0.05) is 15.9 Å². The Morgan fingerprint density at radius 3 is 2.36 bits per heavy atom. The maximum absolute atomic E-state index is 11.8. The number of hydrogen-bond acceptors (Lipinski definition) is 3. The third-order valence-corrected chi connectivity index (χ3v) is 4.81. The van der Waals surface area contributed by atoms with Crippen LogP contribution >= 0.6 is 31.9 Å².